The van der Waals surface area contributed by atoms with Gasteiger partial charge >= 0.3 is 11.9 Å². The molecule has 0 spiro atoms. The lowest BCUT2D eigenvalue weighted by atomic mass is 9.67. The van der Waals surface area contributed by atoms with E-state index in [0.717, 1.165) is 13.8 Å². The van der Waals surface area contributed by atoms with Crippen molar-refractivity contribution in [3.05, 3.63) is 0 Å². The highest BCUT2D eigenvalue weighted by molar-refractivity contribution is 6.07. The number of Topliss-reactive ketones (excluding diaryl/α,β-unsaturated/α-hetero) is 2. The fraction of sp³-hybridized carbons (Fsp3) is 0.733. The number of aliphatic hydroxyl groups is 2. The van der Waals surface area contributed by atoms with Crippen LogP contribution >= 0.6 is 0 Å². The van der Waals surface area contributed by atoms with Crippen molar-refractivity contribution >= 4 is 23.5 Å². The second kappa shape index (κ2) is 8.73. The van der Waals surface area contributed by atoms with E-state index >= 15 is 0 Å². The highest BCUT2D eigenvalue weighted by Gasteiger charge is 2.56. The zero-order valence-electron chi connectivity index (χ0n) is 13.9. The van der Waals surface area contributed by atoms with Gasteiger partial charge in [-0.25, -0.2) is 0 Å². The Morgan fingerprint density at radius 1 is 0.783 bits per heavy atom. The molecule has 0 heterocycles. The van der Waals surface area contributed by atoms with E-state index in [1.165, 1.54) is 13.8 Å². The fourth-order valence-corrected chi connectivity index (χ4v) is 2.20. The minimum Gasteiger partial charge on any atom is -0.465 e. The maximum Gasteiger partial charge on any atom is 0.322 e. The van der Waals surface area contributed by atoms with Crippen LogP contribution in [0.25, 0.3) is 0 Å². The van der Waals surface area contributed by atoms with E-state index < -0.39 is 54.0 Å². The third-order valence-electron chi connectivity index (χ3n) is 3.82. The van der Waals surface area contributed by atoms with E-state index in [1.54, 1.807) is 0 Å². The van der Waals surface area contributed by atoms with Gasteiger partial charge in [-0.05, 0) is 34.1 Å². The lowest BCUT2D eigenvalue weighted by Gasteiger charge is -2.35. The van der Waals surface area contributed by atoms with Gasteiger partial charge in [0.25, 0.3) is 0 Å². The minimum absolute atomic E-state index is 0.0561. The summed E-state index contributed by atoms with van der Waals surface area (Å²) >= 11 is 0. The Morgan fingerprint density at radius 3 is 1.26 bits per heavy atom. The first kappa shape index (κ1) is 21.2. The molecule has 132 valence electrons. The first-order chi connectivity index (χ1) is 10.7. The Hall–Kier alpha value is -1.80. The minimum atomic E-state index is -2.13. The van der Waals surface area contributed by atoms with Crippen LogP contribution < -0.4 is 0 Å². The Balaban J connectivity index is 6.07. The molecule has 0 amide bonds. The Labute approximate surface area is 134 Å². The molecule has 0 rings (SSSR count). The quantitative estimate of drug-likeness (QED) is 0.410. The number of aliphatic hydroxyl groups excluding tert-OH is 2. The zero-order valence-corrected chi connectivity index (χ0v) is 13.9. The van der Waals surface area contributed by atoms with Crippen LogP contribution in [-0.4, -0.2) is 60.1 Å². The molecule has 0 bridgehead atoms. The lowest BCUT2D eigenvalue weighted by Crippen LogP contribution is -2.53. The van der Waals surface area contributed by atoms with Gasteiger partial charge in [0.15, 0.2) is 10.8 Å². The van der Waals surface area contributed by atoms with E-state index in [-0.39, 0.29) is 13.2 Å². The number of ketones is 2. The van der Waals surface area contributed by atoms with E-state index in [2.05, 4.69) is 0 Å². The molecule has 2 N–H and O–H groups in total. The molecule has 0 aliphatic heterocycles. The van der Waals surface area contributed by atoms with Gasteiger partial charge < -0.3 is 19.7 Å². The summed E-state index contributed by atoms with van der Waals surface area (Å²) in [4.78, 5) is 48.4. The van der Waals surface area contributed by atoms with Gasteiger partial charge in [0, 0.05) is 0 Å². The van der Waals surface area contributed by atoms with Crippen LogP contribution in [-0.2, 0) is 28.7 Å². The summed E-state index contributed by atoms with van der Waals surface area (Å²) in [7, 11) is 0. The summed E-state index contributed by atoms with van der Waals surface area (Å²) in [5.74, 6) is -3.67. The molecule has 2 unspecified atom stereocenters. The summed E-state index contributed by atoms with van der Waals surface area (Å²) < 4.78 is 9.61. The van der Waals surface area contributed by atoms with Crippen molar-refractivity contribution in [1.29, 1.82) is 0 Å². The van der Waals surface area contributed by atoms with Gasteiger partial charge in [-0.3, -0.25) is 19.2 Å². The number of esters is 2. The largest absolute Gasteiger partial charge is 0.465 e. The van der Waals surface area contributed by atoms with Crippen molar-refractivity contribution in [3.8, 4) is 0 Å². The molecule has 0 aromatic heterocycles. The average molecular weight is 332 g/mol. The molecule has 8 nitrogen and oxygen atoms in total. The van der Waals surface area contributed by atoms with Crippen molar-refractivity contribution in [3.63, 3.8) is 0 Å². The highest BCUT2D eigenvalue weighted by Crippen LogP contribution is 2.38. The van der Waals surface area contributed by atoms with Crippen LogP contribution in [0.4, 0.5) is 0 Å². The maximum atomic E-state index is 12.2. The predicted octanol–water partition coefficient (Wildman–Crippen LogP) is -0.362. The van der Waals surface area contributed by atoms with E-state index in [9.17, 15) is 29.4 Å². The predicted molar refractivity (Wildman–Crippen MR) is 78.3 cm³/mol. The number of rotatable bonds is 10. The highest BCUT2D eigenvalue weighted by atomic mass is 16.5. The summed E-state index contributed by atoms with van der Waals surface area (Å²) in [5.41, 5.74) is -4.26. The fourth-order valence-electron chi connectivity index (χ4n) is 2.20. The molecule has 2 atom stereocenters. The van der Waals surface area contributed by atoms with E-state index in [0.29, 0.717) is 0 Å². The number of carbonyl (C=O) groups is 4. The molecule has 23 heavy (non-hydrogen) atoms. The summed E-state index contributed by atoms with van der Waals surface area (Å²) in [6, 6.07) is 0. The third-order valence-corrected chi connectivity index (χ3v) is 3.82. The third kappa shape index (κ3) is 4.14. The number of ether oxygens (including phenoxy) is 2. The topological polar surface area (TPSA) is 127 Å². The smallest absolute Gasteiger partial charge is 0.322 e. The molecular weight excluding hydrogens is 308 g/mol. The molecule has 0 radical (unpaired) electrons. The monoisotopic (exact) mass is 332 g/mol. The summed E-state index contributed by atoms with van der Waals surface area (Å²) in [6.45, 7) is 3.07. The second-order valence-electron chi connectivity index (χ2n) is 5.21. The summed E-state index contributed by atoms with van der Waals surface area (Å²) in [5, 5.41) is 19.3. The second-order valence-corrected chi connectivity index (χ2v) is 5.21. The van der Waals surface area contributed by atoms with Crippen molar-refractivity contribution in [2.45, 2.75) is 34.1 Å². The molecule has 0 saturated carbocycles. The van der Waals surface area contributed by atoms with E-state index in [4.69, 9.17) is 9.47 Å². The van der Waals surface area contributed by atoms with Crippen LogP contribution in [0.2, 0.25) is 0 Å². The maximum absolute atomic E-state index is 12.2. The van der Waals surface area contributed by atoms with Crippen LogP contribution in [0.5, 0.6) is 0 Å². The normalized spacial score (nSPS) is 15.9. The van der Waals surface area contributed by atoms with Crippen LogP contribution in [0.1, 0.15) is 34.1 Å². The van der Waals surface area contributed by atoms with Gasteiger partial charge in [-0.15, -0.1) is 0 Å². The summed E-state index contributed by atoms with van der Waals surface area (Å²) in [6.07, 6.45) is -0.727. The first-order valence-electron chi connectivity index (χ1n) is 7.26. The zero-order chi connectivity index (χ0) is 18.3. The van der Waals surface area contributed by atoms with E-state index in [1.807, 2.05) is 0 Å². The molecule has 0 aromatic carbocycles. The van der Waals surface area contributed by atoms with Crippen LogP contribution in [0.15, 0.2) is 0 Å². The van der Waals surface area contributed by atoms with Crippen molar-refractivity contribution < 1.29 is 38.9 Å². The average Bonchev–Trinajstić information content (AvgIpc) is 2.48. The lowest BCUT2D eigenvalue weighted by molar-refractivity contribution is -0.173. The Morgan fingerprint density at radius 2 is 1.09 bits per heavy atom. The van der Waals surface area contributed by atoms with Gasteiger partial charge in [-0.2, -0.15) is 0 Å². The number of hydrogen-bond donors (Lipinski definition) is 2. The van der Waals surface area contributed by atoms with Crippen molar-refractivity contribution in [2.24, 2.45) is 10.8 Å². The SMILES string of the molecule is CCOC(=O)C(CO)(CC(CO)(C(C)=O)C(=O)OCC)C(C)=O. The molecule has 0 aromatic rings. The standard InChI is InChI=1S/C15H24O8/c1-5-22-12(20)14(8-16,10(3)18)7-15(9-17,11(4)19)13(21)23-6-2/h16-17H,5-9H2,1-4H3. The van der Waals surface area contributed by atoms with Gasteiger partial charge in [0.05, 0.1) is 26.4 Å². The van der Waals surface area contributed by atoms with Gasteiger partial charge in [0.1, 0.15) is 11.6 Å². The Kier molecular flexibility index (Phi) is 8.05. The number of hydrogen-bond acceptors (Lipinski definition) is 8. The molecule has 0 aliphatic carbocycles. The van der Waals surface area contributed by atoms with Gasteiger partial charge in [-0.1, -0.05) is 0 Å². The van der Waals surface area contributed by atoms with Crippen molar-refractivity contribution in [2.75, 3.05) is 26.4 Å². The van der Waals surface area contributed by atoms with Gasteiger partial charge in [0.2, 0.25) is 0 Å². The molecular formula is C15H24O8. The number of carbonyl (C=O) groups excluding carboxylic acids is 4. The molecule has 0 fully saturated rings. The first-order valence-corrected chi connectivity index (χ1v) is 7.26. The van der Waals surface area contributed by atoms with Crippen LogP contribution in [0, 0.1) is 10.8 Å². The van der Waals surface area contributed by atoms with Crippen molar-refractivity contribution in [1.82, 2.24) is 0 Å². The molecule has 8 heteroatoms. The van der Waals surface area contributed by atoms with Crippen LogP contribution in [0.3, 0.4) is 0 Å². The molecule has 0 aliphatic rings. The Bertz CT molecular complexity index is 430. The molecule has 0 saturated heterocycles.